The van der Waals surface area contributed by atoms with Gasteiger partial charge in [-0.3, -0.25) is 4.98 Å². The molecule has 0 aromatic carbocycles. The van der Waals surface area contributed by atoms with E-state index in [1.165, 1.54) is 31.4 Å². The predicted molar refractivity (Wildman–Crippen MR) is 70.9 cm³/mol. The van der Waals surface area contributed by atoms with Crippen molar-refractivity contribution in [1.82, 2.24) is 15.2 Å². The molecule has 0 saturated carbocycles. The van der Waals surface area contributed by atoms with Gasteiger partial charge in [-0.15, -0.1) is 0 Å². The van der Waals surface area contributed by atoms with E-state index in [9.17, 15) is 0 Å². The van der Waals surface area contributed by atoms with Crippen molar-refractivity contribution in [2.45, 2.75) is 38.8 Å². The Labute approximate surface area is 104 Å². The summed E-state index contributed by atoms with van der Waals surface area (Å²) < 4.78 is 0. The predicted octanol–water partition coefficient (Wildman–Crippen LogP) is 1.96. The van der Waals surface area contributed by atoms with Crippen LogP contribution in [-0.4, -0.2) is 36.1 Å². The lowest BCUT2D eigenvalue weighted by atomic mass is 10.0. The molecule has 1 saturated heterocycles. The minimum absolute atomic E-state index is 0.673. The van der Waals surface area contributed by atoms with Crippen LogP contribution in [0.3, 0.4) is 0 Å². The van der Waals surface area contributed by atoms with Gasteiger partial charge < -0.3 is 10.2 Å². The number of aromatic nitrogens is 1. The Kier molecular flexibility index (Phi) is 4.51. The SMILES string of the molecule is Cc1ccc(CN(C)CC2CCCCN2)cn1. The molecule has 1 aromatic rings. The van der Waals surface area contributed by atoms with Gasteiger partial charge in [0.2, 0.25) is 0 Å². The summed E-state index contributed by atoms with van der Waals surface area (Å²) in [5, 5.41) is 3.59. The van der Waals surface area contributed by atoms with Crippen LogP contribution in [0.15, 0.2) is 18.3 Å². The fourth-order valence-electron chi connectivity index (χ4n) is 2.42. The van der Waals surface area contributed by atoms with E-state index in [1.54, 1.807) is 0 Å². The number of aryl methyl sites for hydroxylation is 1. The minimum atomic E-state index is 0.673. The van der Waals surface area contributed by atoms with Crippen molar-refractivity contribution in [2.75, 3.05) is 20.1 Å². The molecule has 1 N–H and O–H groups in total. The zero-order chi connectivity index (χ0) is 12.1. The van der Waals surface area contributed by atoms with Gasteiger partial charge in [-0.1, -0.05) is 12.5 Å². The largest absolute Gasteiger partial charge is 0.313 e. The molecule has 0 radical (unpaired) electrons. The van der Waals surface area contributed by atoms with Crippen molar-refractivity contribution >= 4 is 0 Å². The lowest BCUT2D eigenvalue weighted by Gasteiger charge is -2.28. The van der Waals surface area contributed by atoms with Gasteiger partial charge in [-0.05, 0) is 45.0 Å². The Bertz CT molecular complexity index is 328. The molecule has 2 rings (SSSR count). The van der Waals surface area contributed by atoms with Crippen molar-refractivity contribution in [3.8, 4) is 0 Å². The maximum absolute atomic E-state index is 4.34. The van der Waals surface area contributed by atoms with Gasteiger partial charge in [-0.2, -0.15) is 0 Å². The Hall–Kier alpha value is -0.930. The zero-order valence-corrected chi connectivity index (χ0v) is 10.9. The Morgan fingerprint density at radius 3 is 2.94 bits per heavy atom. The number of pyridine rings is 1. The van der Waals surface area contributed by atoms with Crippen LogP contribution in [0.1, 0.15) is 30.5 Å². The van der Waals surface area contributed by atoms with Crippen LogP contribution in [0.25, 0.3) is 0 Å². The quantitative estimate of drug-likeness (QED) is 0.861. The van der Waals surface area contributed by atoms with Crippen molar-refractivity contribution < 1.29 is 0 Å². The van der Waals surface area contributed by atoms with E-state index in [4.69, 9.17) is 0 Å². The van der Waals surface area contributed by atoms with Crippen molar-refractivity contribution in [1.29, 1.82) is 0 Å². The van der Waals surface area contributed by atoms with Crippen LogP contribution in [0.4, 0.5) is 0 Å². The van der Waals surface area contributed by atoms with Crippen molar-refractivity contribution in [3.05, 3.63) is 29.6 Å². The molecule has 2 heterocycles. The first-order valence-corrected chi connectivity index (χ1v) is 6.57. The topological polar surface area (TPSA) is 28.2 Å². The van der Waals surface area contributed by atoms with Gasteiger partial charge in [0, 0.05) is 31.0 Å². The normalized spacial score (nSPS) is 20.8. The third-order valence-electron chi connectivity index (χ3n) is 3.37. The first-order valence-electron chi connectivity index (χ1n) is 6.57. The van der Waals surface area contributed by atoms with E-state index >= 15 is 0 Å². The number of rotatable bonds is 4. The molecule has 0 bridgehead atoms. The third kappa shape index (κ3) is 4.10. The van der Waals surface area contributed by atoms with Crippen molar-refractivity contribution in [3.63, 3.8) is 0 Å². The minimum Gasteiger partial charge on any atom is -0.313 e. The fraction of sp³-hybridized carbons (Fsp3) is 0.643. The van der Waals surface area contributed by atoms with Crippen molar-refractivity contribution in [2.24, 2.45) is 0 Å². The smallest absolute Gasteiger partial charge is 0.0372 e. The number of hydrogen-bond donors (Lipinski definition) is 1. The average molecular weight is 233 g/mol. The molecule has 0 spiro atoms. The van der Waals surface area contributed by atoms with Gasteiger partial charge in [0.05, 0.1) is 0 Å². The van der Waals surface area contributed by atoms with Crippen LogP contribution in [-0.2, 0) is 6.54 Å². The second-order valence-electron chi connectivity index (χ2n) is 5.15. The monoisotopic (exact) mass is 233 g/mol. The fourth-order valence-corrected chi connectivity index (χ4v) is 2.42. The van der Waals surface area contributed by atoms with Crippen LogP contribution in [0, 0.1) is 6.92 Å². The molecule has 1 fully saturated rings. The molecule has 17 heavy (non-hydrogen) atoms. The van der Waals surface area contributed by atoms with E-state index in [0.29, 0.717) is 6.04 Å². The van der Waals surface area contributed by atoms with Crippen LogP contribution in [0.2, 0.25) is 0 Å². The number of nitrogens with zero attached hydrogens (tertiary/aromatic N) is 2. The molecule has 0 amide bonds. The first-order chi connectivity index (χ1) is 8.24. The summed E-state index contributed by atoms with van der Waals surface area (Å²) in [6.45, 7) is 5.34. The molecule has 1 unspecified atom stereocenters. The molecule has 1 aliphatic heterocycles. The Balaban J connectivity index is 1.79. The van der Waals surface area contributed by atoms with Crippen LogP contribution in [0.5, 0.6) is 0 Å². The second kappa shape index (κ2) is 6.12. The highest BCUT2D eigenvalue weighted by molar-refractivity contribution is 5.12. The maximum Gasteiger partial charge on any atom is 0.0372 e. The summed E-state index contributed by atoms with van der Waals surface area (Å²) in [5.74, 6) is 0. The van der Waals surface area contributed by atoms with Crippen LogP contribution < -0.4 is 5.32 Å². The van der Waals surface area contributed by atoms with Gasteiger partial charge in [-0.25, -0.2) is 0 Å². The summed E-state index contributed by atoms with van der Waals surface area (Å²) in [7, 11) is 2.19. The lowest BCUT2D eigenvalue weighted by molar-refractivity contribution is 0.256. The number of piperidine rings is 1. The molecule has 3 nitrogen and oxygen atoms in total. The molecule has 94 valence electrons. The highest BCUT2D eigenvalue weighted by Gasteiger charge is 2.14. The average Bonchev–Trinajstić information content (AvgIpc) is 2.33. The van der Waals surface area contributed by atoms with E-state index < -0.39 is 0 Å². The van der Waals surface area contributed by atoms with Gasteiger partial charge in [0.1, 0.15) is 0 Å². The number of nitrogens with one attached hydrogen (secondary N) is 1. The zero-order valence-electron chi connectivity index (χ0n) is 10.9. The van der Waals surface area contributed by atoms with E-state index in [1.807, 2.05) is 13.1 Å². The molecule has 1 atom stereocenters. The highest BCUT2D eigenvalue weighted by atomic mass is 15.1. The number of hydrogen-bond acceptors (Lipinski definition) is 3. The molecule has 3 heteroatoms. The molecule has 1 aliphatic rings. The Morgan fingerprint density at radius 2 is 2.29 bits per heavy atom. The third-order valence-corrected chi connectivity index (χ3v) is 3.37. The van der Waals surface area contributed by atoms with Crippen LogP contribution >= 0.6 is 0 Å². The summed E-state index contributed by atoms with van der Waals surface area (Å²) >= 11 is 0. The summed E-state index contributed by atoms with van der Waals surface area (Å²) in [5.41, 5.74) is 2.39. The van der Waals surface area contributed by atoms with E-state index in [2.05, 4.69) is 34.4 Å². The standard InChI is InChI=1S/C14H23N3/c1-12-6-7-13(9-16-12)10-17(2)11-14-5-3-4-8-15-14/h6-7,9,14-15H,3-5,8,10-11H2,1-2H3. The highest BCUT2D eigenvalue weighted by Crippen LogP contribution is 2.09. The Morgan fingerprint density at radius 1 is 1.41 bits per heavy atom. The van der Waals surface area contributed by atoms with E-state index in [-0.39, 0.29) is 0 Å². The molecular formula is C14H23N3. The second-order valence-corrected chi connectivity index (χ2v) is 5.15. The lowest BCUT2D eigenvalue weighted by Crippen LogP contribution is -2.42. The summed E-state index contributed by atoms with van der Waals surface area (Å²) in [6.07, 6.45) is 6.01. The molecular weight excluding hydrogens is 210 g/mol. The first kappa shape index (κ1) is 12.5. The molecule has 0 aliphatic carbocycles. The van der Waals surface area contributed by atoms with Gasteiger partial charge in [0.25, 0.3) is 0 Å². The number of likely N-dealkylation sites (N-methyl/N-ethyl adjacent to an activating group) is 1. The summed E-state index contributed by atoms with van der Waals surface area (Å²) in [4.78, 5) is 6.72. The van der Waals surface area contributed by atoms with Gasteiger partial charge >= 0.3 is 0 Å². The van der Waals surface area contributed by atoms with Gasteiger partial charge in [0.15, 0.2) is 0 Å². The molecule has 1 aromatic heterocycles. The van der Waals surface area contributed by atoms with E-state index in [0.717, 1.165) is 18.8 Å². The maximum atomic E-state index is 4.34. The summed E-state index contributed by atoms with van der Waals surface area (Å²) in [6, 6.07) is 4.93.